The Labute approximate surface area is 70.2 Å². The van der Waals surface area contributed by atoms with Crippen LogP contribution in [0.4, 0.5) is 0 Å². The Bertz CT molecular complexity index is 298. The van der Waals surface area contributed by atoms with E-state index < -0.39 is 5.91 Å². The number of rotatable bonds is 2. The molecule has 0 aromatic heterocycles. The summed E-state index contributed by atoms with van der Waals surface area (Å²) in [5.41, 5.74) is 5.72. The van der Waals surface area contributed by atoms with Crippen molar-refractivity contribution in [1.29, 1.82) is 0 Å². The molecule has 0 saturated heterocycles. The predicted octanol–water partition coefficient (Wildman–Crippen LogP) is 0.988. The Kier molecular flexibility index (Phi) is 2.24. The first kappa shape index (κ1) is 8.46. The number of ketones is 1. The van der Waals surface area contributed by atoms with E-state index in [0.29, 0.717) is 5.56 Å². The number of hydrogen-bond acceptors (Lipinski definition) is 2. The van der Waals surface area contributed by atoms with Gasteiger partial charge in [0.1, 0.15) is 0 Å². The number of carbonyl (C=O) groups is 2. The van der Waals surface area contributed by atoms with Crippen molar-refractivity contribution >= 4 is 11.7 Å². The van der Waals surface area contributed by atoms with Crippen LogP contribution in [0.5, 0.6) is 0 Å². The van der Waals surface area contributed by atoms with Crippen molar-refractivity contribution in [2.45, 2.75) is 6.92 Å². The summed E-state index contributed by atoms with van der Waals surface area (Å²) in [6.07, 6.45) is 0. The maximum Gasteiger partial charge on any atom is 0.249 e. The van der Waals surface area contributed by atoms with E-state index in [1.165, 1.54) is 6.92 Å². The zero-order valence-corrected chi connectivity index (χ0v) is 6.70. The van der Waals surface area contributed by atoms with Gasteiger partial charge in [-0.3, -0.25) is 9.59 Å². The van der Waals surface area contributed by atoms with E-state index in [1.54, 1.807) is 24.3 Å². The molecule has 0 saturated carbocycles. The van der Waals surface area contributed by atoms with Crippen LogP contribution >= 0.6 is 0 Å². The first-order chi connectivity index (χ1) is 5.63. The largest absolute Gasteiger partial charge is 0.366 e. The molecule has 12 heavy (non-hydrogen) atoms. The number of nitrogens with two attached hydrogens (primary N) is 1. The Morgan fingerprint density at radius 2 is 1.67 bits per heavy atom. The van der Waals surface area contributed by atoms with E-state index in [9.17, 15) is 9.59 Å². The second-order valence-corrected chi connectivity index (χ2v) is 2.47. The number of carbonyl (C=O) groups excluding carboxylic acids is 2. The van der Waals surface area contributed by atoms with Gasteiger partial charge in [-0.1, -0.05) is 18.2 Å². The standard InChI is InChI=1S/C9H9NO2/c1-6(11)7-4-2-3-5-8(7)9(10)12/h2-5H,1H3,(H2,10,12). The monoisotopic (exact) mass is 163 g/mol. The zero-order chi connectivity index (χ0) is 9.14. The molecule has 1 aromatic carbocycles. The fourth-order valence-corrected chi connectivity index (χ4v) is 1.00. The fraction of sp³-hybridized carbons (Fsp3) is 0.111. The number of amides is 1. The first-order valence-corrected chi connectivity index (χ1v) is 3.52. The van der Waals surface area contributed by atoms with Crippen LogP contribution in [0.3, 0.4) is 0 Å². The average molecular weight is 163 g/mol. The molecule has 62 valence electrons. The quantitative estimate of drug-likeness (QED) is 0.661. The minimum absolute atomic E-state index is 0.149. The molecule has 1 aromatic rings. The van der Waals surface area contributed by atoms with Gasteiger partial charge in [-0.05, 0) is 13.0 Å². The smallest absolute Gasteiger partial charge is 0.249 e. The van der Waals surface area contributed by atoms with Crippen molar-refractivity contribution in [3.63, 3.8) is 0 Å². The van der Waals surface area contributed by atoms with Crippen LogP contribution in [0, 0.1) is 0 Å². The molecule has 0 spiro atoms. The molecule has 1 rings (SSSR count). The van der Waals surface area contributed by atoms with Gasteiger partial charge in [-0.15, -0.1) is 0 Å². The predicted molar refractivity (Wildman–Crippen MR) is 45.0 cm³/mol. The highest BCUT2D eigenvalue weighted by Crippen LogP contribution is 2.07. The van der Waals surface area contributed by atoms with Crippen molar-refractivity contribution in [2.24, 2.45) is 5.73 Å². The van der Waals surface area contributed by atoms with Gasteiger partial charge < -0.3 is 5.73 Å². The van der Waals surface area contributed by atoms with E-state index in [-0.39, 0.29) is 11.3 Å². The lowest BCUT2D eigenvalue weighted by Gasteiger charge is -2.00. The van der Waals surface area contributed by atoms with Gasteiger partial charge in [0.05, 0.1) is 0 Å². The SMILES string of the molecule is CC(=O)c1ccccc1C(N)=O. The van der Waals surface area contributed by atoms with Gasteiger partial charge in [-0.2, -0.15) is 0 Å². The molecule has 0 radical (unpaired) electrons. The molecule has 0 bridgehead atoms. The normalized spacial score (nSPS) is 9.42. The summed E-state index contributed by atoms with van der Waals surface area (Å²) in [4.78, 5) is 21.8. The van der Waals surface area contributed by atoms with Gasteiger partial charge in [0.15, 0.2) is 5.78 Å². The van der Waals surface area contributed by atoms with Crippen molar-refractivity contribution in [3.8, 4) is 0 Å². The summed E-state index contributed by atoms with van der Waals surface area (Å²) in [5, 5.41) is 0. The van der Waals surface area contributed by atoms with Crippen LogP contribution < -0.4 is 5.73 Å². The Morgan fingerprint density at radius 3 is 2.00 bits per heavy atom. The van der Waals surface area contributed by atoms with E-state index in [0.717, 1.165) is 0 Å². The molecule has 0 aliphatic carbocycles. The molecule has 3 nitrogen and oxygen atoms in total. The van der Waals surface area contributed by atoms with E-state index >= 15 is 0 Å². The zero-order valence-electron chi connectivity index (χ0n) is 6.70. The molecule has 0 atom stereocenters. The summed E-state index contributed by atoms with van der Waals surface area (Å²) < 4.78 is 0. The third kappa shape index (κ3) is 1.50. The lowest BCUT2D eigenvalue weighted by molar-refractivity contribution is 0.0973. The summed E-state index contributed by atoms with van der Waals surface area (Å²) in [6, 6.07) is 6.50. The molecule has 0 aliphatic rings. The molecule has 1 amide bonds. The molecule has 2 N–H and O–H groups in total. The van der Waals surface area contributed by atoms with Crippen molar-refractivity contribution in [3.05, 3.63) is 35.4 Å². The molecular weight excluding hydrogens is 154 g/mol. The van der Waals surface area contributed by atoms with Crippen molar-refractivity contribution in [2.75, 3.05) is 0 Å². The van der Waals surface area contributed by atoms with Gasteiger partial charge in [0.2, 0.25) is 5.91 Å². The lowest BCUT2D eigenvalue weighted by Crippen LogP contribution is -2.15. The molecule has 0 unspecified atom stereocenters. The third-order valence-electron chi connectivity index (χ3n) is 1.57. The number of hydrogen-bond donors (Lipinski definition) is 1. The van der Waals surface area contributed by atoms with Crippen LogP contribution in [0.2, 0.25) is 0 Å². The van der Waals surface area contributed by atoms with Crippen molar-refractivity contribution in [1.82, 2.24) is 0 Å². The number of primary amides is 1. The van der Waals surface area contributed by atoms with Crippen LogP contribution in [-0.2, 0) is 0 Å². The summed E-state index contributed by atoms with van der Waals surface area (Å²) >= 11 is 0. The Balaban J connectivity index is 3.27. The maximum absolute atomic E-state index is 11.0. The topological polar surface area (TPSA) is 60.2 Å². The molecule has 0 aliphatic heterocycles. The summed E-state index contributed by atoms with van der Waals surface area (Å²) in [6.45, 7) is 1.40. The minimum Gasteiger partial charge on any atom is -0.366 e. The van der Waals surface area contributed by atoms with E-state index in [1.807, 2.05) is 0 Å². The minimum atomic E-state index is -0.569. The van der Waals surface area contributed by atoms with Gasteiger partial charge in [-0.25, -0.2) is 0 Å². The molecular formula is C9H9NO2. The summed E-state index contributed by atoms with van der Waals surface area (Å²) in [5.74, 6) is -0.717. The highest BCUT2D eigenvalue weighted by atomic mass is 16.1. The van der Waals surface area contributed by atoms with E-state index in [2.05, 4.69) is 0 Å². The highest BCUT2D eigenvalue weighted by Gasteiger charge is 2.09. The lowest BCUT2D eigenvalue weighted by atomic mass is 10.0. The maximum atomic E-state index is 11.0. The van der Waals surface area contributed by atoms with Gasteiger partial charge in [0, 0.05) is 11.1 Å². The van der Waals surface area contributed by atoms with Gasteiger partial charge >= 0.3 is 0 Å². The number of benzene rings is 1. The highest BCUT2D eigenvalue weighted by molar-refractivity contribution is 6.06. The fourth-order valence-electron chi connectivity index (χ4n) is 1.00. The Hall–Kier alpha value is -1.64. The summed E-state index contributed by atoms with van der Waals surface area (Å²) in [7, 11) is 0. The van der Waals surface area contributed by atoms with Gasteiger partial charge in [0.25, 0.3) is 0 Å². The molecule has 3 heteroatoms. The van der Waals surface area contributed by atoms with Crippen LogP contribution in [-0.4, -0.2) is 11.7 Å². The molecule has 0 heterocycles. The number of Topliss-reactive ketones (excluding diaryl/α,β-unsaturated/α-hetero) is 1. The van der Waals surface area contributed by atoms with E-state index in [4.69, 9.17) is 5.73 Å². The van der Waals surface area contributed by atoms with Crippen molar-refractivity contribution < 1.29 is 9.59 Å². The van der Waals surface area contributed by atoms with Crippen LogP contribution in [0.15, 0.2) is 24.3 Å². The van der Waals surface area contributed by atoms with Crippen LogP contribution in [0.1, 0.15) is 27.6 Å². The second-order valence-electron chi connectivity index (χ2n) is 2.47. The average Bonchev–Trinajstić information content (AvgIpc) is 2.04. The van der Waals surface area contributed by atoms with Crippen LogP contribution in [0.25, 0.3) is 0 Å². The second kappa shape index (κ2) is 3.17. The third-order valence-corrected chi connectivity index (χ3v) is 1.57. The first-order valence-electron chi connectivity index (χ1n) is 3.52. The Morgan fingerprint density at radius 1 is 1.17 bits per heavy atom. The molecule has 0 fully saturated rings.